The molecular weight excluding hydrogens is 254 g/mol. The molecule has 4 nitrogen and oxygen atoms in total. The molecule has 20 heavy (non-hydrogen) atoms. The first-order chi connectivity index (χ1) is 9.70. The molecule has 0 saturated heterocycles. The predicted molar refractivity (Wildman–Crippen MR) is 78.9 cm³/mol. The Morgan fingerprint density at radius 2 is 2.05 bits per heavy atom. The minimum absolute atomic E-state index is 0.0637. The summed E-state index contributed by atoms with van der Waals surface area (Å²) in [5.74, 6) is 0.281. The van der Waals surface area contributed by atoms with E-state index in [1.165, 1.54) is 6.42 Å². The molecular formula is C16H23NO3. The van der Waals surface area contributed by atoms with Gasteiger partial charge in [0.15, 0.2) is 0 Å². The highest BCUT2D eigenvalue weighted by atomic mass is 16.5. The summed E-state index contributed by atoms with van der Waals surface area (Å²) in [4.78, 5) is 12.1. The molecule has 0 bridgehead atoms. The monoisotopic (exact) mass is 277 g/mol. The van der Waals surface area contributed by atoms with E-state index in [9.17, 15) is 4.79 Å². The van der Waals surface area contributed by atoms with Crippen LogP contribution in [0.5, 0.6) is 5.75 Å². The van der Waals surface area contributed by atoms with Crippen LogP contribution in [0.25, 0.3) is 0 Å². The second-order valence-corrected chi connectivity index (χ2v) is 5.27. The molecule has 2 rings (SSSR count). The smallest absolute Gasteiger partial charge is 0.338 e. The van der Waals surface area contributed by atoms with Crippen molar-refractivity contribution < 1.29 is 14.3 Å². The zero-order chi connectivity index (χ0) is 14.4. The van der Waals surface area contributed by atoms with E-state index in [0.29, 0.717) is 23.6 Å². The van der Waals surface area contributed by atoms with Gasteiger partial charge in [0, 0.05) is 0 Å². The Hall–Kier alpha value is -1.71. The maximum Gasteiger partial charge on any atom is 0.338 e. The van der Waals surface area contributed by atoms with Crippen molar-refractivity contribution in [2.75, 3.05) is 12.3 Å². The molecule has 1 aromatic carbocycles. The third kappa shape index (κ3) is 3.89. The van der Waals surface area contributed by atoms with E-state index in [1.807, 2.05) is 6.92 Å². The summed E-state index contributed by atoms with van der Waals surface area (Å²) in [6.45, 7) is 2.61. The molecule has 0 aliphatic heterocycles. The number of rotatable bonds is 5. The van der Waals surface area contributed by atoms with Crippen LogP contribution in [0.4, 0.5) is 5.69 Å². The third-order valence-electron chi connectivity index (χ3n) is 3.54. The molecule has 1 aromatic rings. The third-order valence-corrected chi connectivity index (χ3v) is 3.54. The zero-order valence-electron chi connectivity index (χ0n) is 12.1. The molecule has 1 aliphatic rings. The fourth-order valence-corrected chi connectivity index (χ4v) is 2.40. The molecule has 0 spiro atoms. The predicted octanol–water partition coefficient (Wildman–Crippen LogP) is 3.55. The van der Waals surface area contributed by atoms with Crippen LogP contribution in [-0.4, -0.2) is 18.7 Å². The molecule has 0 heterocycles. The van der Waals surface area contributed by atoms with E-state index in [4.69, 9.17) is 15.2 Å². The summed E-state index contributed by atoms with van der Waals surface area (Å²) >= 11 is 0. The van der Waals surface area contributed by atoms with Crippen LogP contribution in [0, 0.1) is 0 Å². The molecule has 0 aromatic heterocycles. The Balaban J connectivity index is 2.01. The summed E-state index contributed by atoms with van der Waals surface area (Å²) in [6, 6.07) is 5.07. The molecule has 0 atom stereocenters. The second kappa shape index (κ2) is 7.17. The van der Waals surface area contributed by atoms with Gasteiger partial charge in [0.05, 0.1) is 17.9 Å². The van der Waals surface area contributed by atoms with Gasteiger partial charge in [-0.05, 0) is 50.3 Å². The van der Waals surface area contributed by atoms with E-state index in [-0.39, 0.29) is 12.1 Å². The fourth-order valence-electron chi connectivity index (χ4n) is 2.40. The fraction of sp³-hybridized carbons (Fsp3) is 0.562. The Labute approximate surface area is 120 Å². The number of hydrogen-bond acceptors (Lipinski definition) is 4. The zero-order valence-corrected chi connectivity index (χ0v) is 12.1. The van der Waals surface area contributed by atoms with Crippen molar-refractivity contribution in [1.82, 2.24) is 0 Å². The first-order valence-electron chi connectivity index (χ1n) is 7.44. The average molecular weight is 277 g/mol. The summed E-state index contributed by atoms with van der Waals surface area (Å²) in [6.07, 6.45) is 6.43. The Morgan fingerprint density at radius 1 is 1.30 bits per heavy atom. The van der Waals surface area contributed by atoms with Gasteiger partial charge in [-0.2, -0.15) is 0 Å². The quantitative estimate of drug-likeness (QED) is 0.660. The van der Waals surface area contributed by atoms with Gasteiger partial charge >= 0.3 is 5.97 Å². The van der Waals surface area contributed by atoms with Crippen LogP contribution in [0.1, 0.15) is 55.8 Å². The summed E-state index contributed by atoms with van der Waals surface area (Å²) < 4.78 is 11.1. The van der Waals surface area contributed by atoms with Crippen LogP contribution < -0.4 is 10.5 Å². The number of anilines is 1. The van der Waals surface area contributed by atoms with Gasteiger partial charge in [-0.25, -0.2) is 4.79 Å². The van der Waals surface area contributed by atoms with Crippen LogP contribution in [0.2, 0.25) is 0 Å². The van der Waals surface area contributed by atoms with E-state index in [0.717, 1.165) is 32.1 Å². The van der Waals surface area contributed by atoms with E-state index in [1.54, 1.807) is 18.2 Å². The summed E-state index contributed by atoms with van der Waals surface area (Å²) in [5.41, 5.74) is 6.90. The Morgan fingerprint density at radius 3 is 2.75 bits per heavy atom. The lowest BCUT2D eigenvalue weighted by atomic mass is 9.98. The van der Waals surface area contributed by atoms with Gasteiger partial charge < -0.3 is 15.2 Å². The molecule has 1 saturated carbocycles. The van der Waals surface area contributed by atoms with Crippen molar-refractivity contribution in [3.05, 3.63) is 23.8 Å². The minimum atomic E-state index is -0.279. The Bertz CT molecular complexity index is 453. The van der Waals surface area contributed by atoms with E-state index >= 15 is 0 Å². The number of benzene rings is 1. The van der Waals surface area contributed by atoms with Crippen molar-refractivity contribution >= 4 is 11.7 Å². The maximum absolute atomic E-state index is 12.1. The maximum atomic E-state index is 12.1. The molecule has 0 radical (unpaired) electrons. The van der Waals surface area contributed by atoms with Crippen molar-refractivity contribution in [1.29, 1.82) is 0 Å². The number of carbonyl (C=O) groups is 1. The lowest BCUT2D eigenvalue weighted by molar-refractivity contribution is 0.0211. The SMILES string of the molecule is CCCOc1cc(C(=O)OC2CCCCC2)ccc1N. The Kier molecular flexibility index (Phi) is 5.27. The topological polar surface area (TPSA) is 61.5 Å². The standard InChI is InChI=1S/C16H23NO3/c1-2-10-19-15-11-12(8-9-14(15)17)16(18)20-13-6-4-3-5-7-13/h8-9,11,13H,2-7,10,17H2,1H3. The van der Waals surface area contributed by atoms with Gasteiger partial charge in [-0.15, -0.1) is 0 Å². The van der Waals surface area contributed by atoms with Crippen LogP contribution >= 0.6 is 0 Å². The molecule has 0 unspecified atom stereocenters. The molecule has 110 valence electrons. The lowest BCUT2D eigenvalue weighted by Crippen LogP contribution is -2.21. The van der Waals surface area contributed by atoms with Gasteiger partial charge in [0.25, 0.3) is 0 Å². The van der Waals surface area contributed by atoms with E-state index < -0.39 is 0 Å². The molecule has 4 heteroatoms. The van der Waals surface area contributed by atoms with Crippen molar-refractivity contribution in [3.8, 4) is 5.75 Å². The van der Waals surface area contributed by atoms with Gasteiger partial charge in [0.1, 0.15) is 11.9 Å². The molecule has 1 aliphatic carbocycles. The number of hydrogen-bond donors (Lipinski definition) is 1. The molecule has 1 fully saturated rings. The number of nitrogen functional groups attached to an aromatic ring is 1. The van der Waals surface area contributed by atoms with E-state index in [2.05, 4.69) is 0 Å². The van der Waals surface area contributed by atoms with Crippen LogP contribution in [0.15, 0.2) is 18.2 Å². The van der Waals surface area contributed by atoms with Crippen molar-refractivity contribution in [2.45, 2.75) is 51.6 Å². The normalized spacial score (nSPS) is 15.8. The highest BCUT2D eigenvalue weighted by Crippen LogP contribution is 2.25. The highest BCUT2D eigenvalue weighted by Gasteiger charge is 2.19. The number of nitrogens with two attached hydrogens (primary N) is 1. The first kappa shape index (κ1) is 14.7. The molecule has 0 amide bonds. The van der Waals surface area contributed by atoms with Crippen LogP contribution in [-0.2, 0) is 4.74 Å². The number of esters is 1. The highest BCUT2D eigenvalue weighted by molar-refractivity contribution is 5.90. The second-order valence-electron chi connectivity index (χ2n) is 5.27. The van der Waals surface area contributed by atoms with Gasteiger partial charge in [0.2, 0.25) is 0 Å². The summed E-state index contributed by atoms with van der Waals surface area (Å²) in [7, 11) is 0. The average Bonchev–Trinajstić information content (AvgIpc) is 2.47. The van der Waals surface area contributed by atoms with Crippen molar-refractivity contribution in [2.24, 2.45) is 0 Å². The first-order valence-corrected chi connectivity index (χ1v) is 7.44. The molecule has 2 N–H and O–H groups in total. The largest absolute Gasteiger partial charge is 0.491 e. The van der Waals surface area contributed by atoms with Crippen LogP contribution in [0.3, 0.4) is 0 Å². The van der Waals surface area contributed by atoms with Gasteiger partial charge in [-0.3, -0.25) is 0 Å². The minimum Gasteiger partial charge on any atom is -0.491 e. The number of ether oxygens (including phenoxy) is 2. The van der Waals surface area contributed by atoms with Crippen molar-refractivity contribution in [3.63, 3.8) is 0 Å². The summed E-state index contributed by atoms with van der Waals surface area (Å²) in [5, 5.41) is 0. The van der Waals surface area contributed by atoms with Gasteiger partial charge in [-0.1, -0.05) is 13.3 Å². The lowest BCUT2D eigenvalue weighted by Gasteiger charge is -2.22. The number of carbonyl (C=O) groups excluding carboxylic acids is 1.